The fraction of sp³-hybridized carbons (Fsp3) is 0.438. The van der Waals surface area contributed by atoms with Crippen molar-refractivity contribution in [2.45, 2.75) is 32.8 Å². The van der Waals surface area contributed by atoms with Crippen molar-refractivity contribution < 1.29 is 24.2 Å². The summed E-state index contributed by atoms with van der Waals surface area (Å²) < 4.78 is 5.57. The van der Waals surface area contributed by atoms with Gasteiger partial charge in [0.25, 0.3) is 5.91 Å². The Kier molecular flexibility index (Phi) is 5.20. The molecule has 1 atom stereocenters. The van der Waals surface area contributed by atoms with Gasteiger partial charge in [-0.3, -0.25) is 14.4 Å². The number of nitrogens with zero attached hydrogens (tertiary/aromatic N) is 1. The van der Waals surface area contributed by atoms with Crippen LogP contribution < -0.4 is 15.0 Å². The van der Waals surface area contributed by atoms with E-state index in [1.165, 1.54) is 0 Å². The van der Waals surface area contributed by atoms with Gasteiger partial charge in [-0.05, 0) is 31.5 Å². The quantitative estimate of drug-likeness (QED) is 0.818. The molecule has 23 heavy (non-hydrogen) atoms. The molecule has 0 aromatic heterocycles. The van der Waals surface area contributed by atoms with Crippen LogP contribution in [0.2, 0.25) is 0 Å². The highest BCUT2D eigenvalue weighted by atomic mass is 16.5. The smallest absolute Gasteiger partial charge is 0.305 e. The van der Waals surface area contributed by atoms with Crippen LogP contribution in [0.3, 0.4) is 0 Å². The SMILES string of the molecule is Cc1ccc2c(c1)N(CCC(=O)NCCC(=O)O)C(=O)C(C)O2. The number of carbonyl (C=O) groups excluding carboxylic acids is 2. The first-order chi connectivity index (χ1) is 10.9. The molecule has 0 fully saturated rings. The van der Waals surface area contributed by atoms with Crippen LogP contribution >= 0.6 is 0 Å². The number of carboxylic acids is 1. The molecule has 1 aromatic rings. The van der Waals surface area contributed by atoms with Gasteiger partial charge >= 0.3 is 5.97 Å². The zero-order valence-electron chi connectivity index (χ0n) is 13.2. The highest BCUT2D eigenvalue weighted by molar-refractivity contribution is 6.00. The van der Waals surface area contributed by atoms with Gasteiger partial charge in [0.2, 0.25) is 5.91 Å². The van der Waals surface area contributed by atoms with Gasteiger partial charge in [-0.1, -0.05) is 6.07 Å². The van der Waals surface area contributed by atoms with Crippen molar-refractivity contribution in [2.75, 3.05) is 18.0 Å². The molecule has 0 saturated heterocycles. The lowest BCUT2D eigenvalue weighted by Gasteiger charge is -2.33. The number of benzene rings is 1. The minimum absolute atomic E-state index is 0.0807. The number of hydrogen-bond donors (Lipinski definition) is 2. The summed E-state index contributed by atoms with van der Waals surface area (Å²) in [6.45, 7) is 3.89. The average Bonchev–Trinajstić information content (AvgIpc) is 2.48. The lowest BCUT2D eigenvalue weighted by atomic mass is 10.1. The number of nitrogens with one attached hydrogen (secondary N) is 1. The fourth-order valence-corrected chi connectivity index (χ4v) is 2.36. The van der Waals surface area contributed by atoms with Gasteiger partial charge in [0.1, 0.15) is 5.75 Å². The summed E-state index contributed by atoms with van der Waals surface area (Å²) >= 11 is 0. The lowest BCUT2D eigenvalue weighted by Crippen LogP contribution is -2.46. The Labute approximate surface area is 134 Å². The number of aryl methyl sites for hydroxylation is 1. The number of fused-ring (bicyclic) bond motifs is 1. The molecule has 2 rings (SSSR count). The van der Waals surface area contributed by atoms with Gasteiger partial charge in [0.15, 0.2) is 6.10 Å². The zero-order valence-corrected chi connectivity index (χ0v) is 13.2. The van der Waals surface area contributed by atoms with E-state index in [0.29, 0.717) is 11.4 Å². The monoisotopic (exact) mass is 320 g/mol. The molecule has 0 radical (unpaired) electrons. The molecule has 1 aliphatic heterocycles. The third-order valence-electron chi connectivity index (χ3n) is 3.55. The number of aliphatic carboxylic acids is 1. The Hall–Kier alpha value is -2.57. The maximum atomic E-state index is 12.3. The van der Waals surface area contributed by atoms with Crippen LogP contribution in [0.25, 0.3) is 0 Å². The highest BCUT2D eigenvalue weighted by Gasteiger charge is 2.31. The van der Waals surface area contributed by atoms with Gasteiger partial charge < -0.3 is 20.1 Å². The van der Waals surface area contributed by atoms with Crippen LogP contribution in [0.15, 0.2) is 18.2 Å². The highest BCUT2D eigenvalue weighted by Crippen LogP contribution is 2.34. The van der Waals surface area contributed by atoms with Crippen molar-refractivity contribution in [3.05, 3.63) is 23.8 Å². The first kappa shape index (κ1) is 16.8. The minimum Gasteiger partial charge on any atom is -0.481 e. The molecule has 7 nitrogen and oxygen atoms in total. The normalized spacial score (nSPS) is 16.5. The van der Waals surface area contributed by atoms with E-state index in [2.05, 4.69) is 5.32 Å². The molecule has 1 heterocycles. The largest absolute Gasteiger partial charge is 0.481 e. The summed E-state index contributed by atoms with van der Waals surface area (Å²) in [5.41, 5.74) is 1.65. The fourth-order valence-electron chi connectivity index (χ4n) is 2.36. The van der Waals surface area contributed by atoms with Crippen LogP contribution in [-0.4, -0.2) is 42.1 Å². The molecule has 0 bridgehead atoms. The Morgan fingerprint density at radius 1 is 1.35 bits per heavy atom. The minimum atomic E-state index is -0.966. The third kappa shape index (κ3) is 4.21. The predicted octanol–water partition coefficient (Wildman–Crippen LogP) is 1.09. The van der Waals surface area contributed by atoms with Crippen molar-refractivity contribution in [1.29, 1.82) is 0 Å². The average molecular weight is 320 g/mol. The molecule has 0 spiro atoms. The molecule has 0 aliphatic carbocycles. The molecular formula is C16H20N2O5. The van der Waals surface area contributed by atoms with Crippen molar-refractivity contribution in [1.82, 2.24) is 5.32 Å². The molecule has 1 unspecified atom stereocenters. The summed E-state index contributed by atoms with van der Waals surface area (Å²) in [6, 6.07) is 5.56. The van der Waals surface area contributed by atoms with Crippen molar-refractivity contribution in [3.63, 3.8) is 0 Å². The topological polar surface area (TPSA) is 95.9 Å². The standard InChI is InChI=1S/C16H20N2O5/c1-10-3-4-13-12(9-10)18(16(22)11(2)23-13)8-6-14(19)17-7-5-15(20)21/h3-4,9,11H,5-8H2,1-2H3,(H,17,19)(H,20,21). The van der Waals surface area contributed by atoms with Gasteiger partial charge in [0.05, 0.1) is 12.1 Å². The lowest BCUT2D eigenvalue weighted by molar-refractivity contribution is -0.137. The molecule has 7 heteroatoms. The van der Waals surface area contributed by atoms with Crippen molar-refractivity contribution in [3.8, 4) is 5.75 Å². The van der Waals surface area contributed by atoms with Gasteiger partial charge in [-0.15, -0.1) is 0 Å². The Morgan fingerprint density at radius 2 is 2.09 bits per heavy atom. The third-order valence-corrected chi connectivity index (χ3v) is 3.55. The summed E-state index contributed by atoms with van der Waals surface area (Å²) in [7, 11) is 0. The first-order valence-electron chi connectivity index (χ1n) is 7.45. The van der Waals surface area contributed by atoms with Crippen molar-refractivity contribution >= 4 is 23.5 Å². The molecule has 2 N–H and O–H groups in total. The van der Waals surface area contributed by atoms with Crippen LogP contribution in [0.4, 0.5) is 5.69 Å². The summed E-state index contributed by atoms with van der Waals surface area (Å²) in [6.07, 6.45) is -0.618. The molecule has 124 valence electrons. The van der Waals surface area contributed by atoms with E-state index < -0.39 is 12.1 Å². The number of ether oxygens (including phenoxy) is 1. The van der Waals surface area contributed by atoms with E-state index in [1.807, 2.05) is 25.1 Å². The van der Waals surface area contributed by atoms with Gasteiger partial charge in [-0.25, -0.2) is 0 Å². The van der Waals surface area contributed by atoms with Gasteiger partial charge in [0, 0.05) is 19.5 Å². The molecule has 0 saturated carbocycles. The van der Waals surface area contributed by atoms with Crippen LogP contribution in [0.1, 0.15) is 25.3 Å². The number of rotatable bonds is 6. The second-order valence-electron chi connectivity index (χ2n) is 5.46. The van der Waals surface area contributed by atoms with Crippen LogP contribution in [0.5, 0.6) is 5.75 Å². The molecular weight excluding hydrogens is 300 g/mol. The zero-order chi connectivity index (χ0) is 17.0. The van der Waals surface area contributed by atoms with E-state index in [9.17, 15) is 14.4 Å². The predicted molar refractivity (Wildman–Crippen MR) is 83.5 cm³/mol. The van der Waals surface area contributed by atoms with Crippen molar-refractivity contribution in [2.24, 2.45) is 0 Å². The molecule has 1 aromatic carbocycles. The van der Waals surface area contributed by atoms with E-state index in [0.717, 1.165) is 5.56 Å². The van der Waals surface area contributed by atoms with E-state index in [4.69, 9.17) is 9.84 Å². The Morgan fingerprint density at radius 3 is 2.78 bits per heavy atom. The summed E-state index contributed by atoms with van der Waals surface area (Å²) in [5, 5.41) is 11.1. The number of hydrogen-bond acceptors (Lipinski definition) is 4. The number of carboxylic acid groups (broad SMARTS) is 1. The first-order valence-corrected chi connectivity index (χ1v) is 7.45. The maximum absolute atomic E-state index is 12.3. The number of anilines is 1. The Bertz CT molecular complexity index is 629. The number of carbonyl (C=O) groups is 3. The van der Waals surface area contributed by atoms with Crippen LogP contribution in [-0.2, 0) is 14.4 Å². The second kappa shape index (κ2) is 7.13. The van der Waals surface area contributed by atoms with Gasteiger partial charge in [-0.2, -0.15) is 0 Å². The second-order valence-corrected chi connectivity index (χ2v) is 5.46. The van der Waals surface area contributed by atoms with E-state index in [1.54, 1.807) is 11.8 Å². The summed E-state index contributed by atoms with van der Waals surface area (Å²) in [4.78, 5) is 36.0. The van der Waals surface area contributed by atoms with E-state index in [-0.39, 0.29) is 37.7 Å². The van der Waals surface area contributed by atoms with E-state index >= 15 is 0 Å². The maximum Gasteiger partial charge on any atom is 0.305 e. The molecule has 2 amide bonds. The Balaban J connectivity index is 2.01. The summed E-state index contributed by atoms with van der Waals surface area (Å²) in [5.74, 6) is -0.824. The molecule has 1 aliphatic rings. The van der Waals surface area contributed by atoms with Crippen LogP contribution in [0, 0.1) is 6.92 Å². The number of amides is 2.